The van der Waals surface area contributed by atoms with E-state index in [1.54, 1.807) is 0 Å². The molecule has 0 N–H and O–H groups in total. The highest BCUT2D eigenvalue weighted by Gasteiger charge is 2.43. The second kappa shape index (κ2) is 6.55. The summed E-state index contributed by atoms with van der Waals surface area (Å²) in [5.74, 6) is 0.500. The van der Waals surface area contributed by atoms with Gasteiger partial charge in [0.1, 0.15) is 6.10 Å². The van der Waals surface area contributed by atoms with E-state index in [0.717, 1.165) is 44.6 Å². The van der Waals surface area contributed by atoms with Crippen LogP contribution in [-0.4, -0.2) is 59.3 Å². The molecule has 0 saturated carbocycles. The van der Waals surface area contributed by atoms with Crippen molar-refractivity contribution in [3.05, 3.63) is 30.1 Å². The SMILES string of the molecule is O=C([C@@H]1C[C@@H]2CCN(Cc3ccccn3)C[C@H]2O1)N1CCCO1. The highest BCUT2D eigenvalue weighted by atomic mass is 16.7. The molecule has 3 aliphatic heterocycles. The number of piperidine rings is 1. The predicted molar refractivity (Wildman–Crippen MR) is 83.2 cm³/mol. The summed E-state index contributed by atoms with van der Waals surface area (Å²) in [6.45, 7) is 4.11. The molecule has 0 bridgehead atoms. The summed E-state index contributed by atoms with van der Waals surface area (Å²) in [5, 5.41) is 1.49. The lowest BCUT2D eigenvalue weighted by Crippen LogP contribution is -2.42. The van der Waals surface area contributed by atoms with Crippen molar-refractivity contribution in [2.75, 3.05) is 26.2 Å². The van der Waals surface area contributed by atoms with Crippen LogP contribution in [0.25, 0.3) is 0 Å². The van der Waals surface area contributed by atoms with E-state index >= 15 is 0 Å². The lowest BCUT2D eigenvalue weighted by molar-refractivity contribution is -0.180. The van der Waals surface area contributed by atoms with Gasteiger partial charge in [-0.05, 0) is 43.9 Å². The van der Waals surface area contributed by atoms with Gasteiger partial charge in [0, 0.05) is 19.3 Å². The monoisotopic (exact) mass is 317 g/mol. The van der Waals surface area contributed by atoms with E-state index in [1.807, 2.05) is 18.3 Å². The van der Waals surface area contributed by atoms with Crippen molar-refractivity contribution in [2.45, 2.75) is 38.0 Å². The van der Waals surface area contributed by atoms with Crippen molar-refractivity contribution in [1.82, 2.24) is 14.9 Å². The Morgan fingerprint density at radius 3 is 3.09 bits per heavy atom. The third-order valence-corrected chi connectivity index (χ3v) is 5.02. The molecule has 1 aromatic rings. The summed E-state index contributed by atoms with van der Waals surface area (Å²) in [5.41, 5.74) is 1.09. The zero-order valence-electron chi connectivity index (χ0n) is 13.3. The molecule has 4 heterocycles. The van der Waals surface area contributed by atoms with Crippen molar-refractivity contribution < 1.29 is 14.4 Å². The van der Waals surface area contributed by atoms with Crippen LogP contribution in [0, 0.1) is 5.92 Å². The minimum atomic E-state index is -0.321. The first kappa shape index (κ1) is 15.1. The number of ether oxygens (including phenoxy) is 1. The molecule has 0 aromatic carbocycles. The third kappa shape index (κ3) is 3.24. The van der Waals surface area contributed by atoms with Crippen LogP contribution in [0.15, 0.2) is 24.4 Å². The maximum absolute atomic E-state index is 12.4. The van der Waals surface area contributed by atoms with Crippen LogP contribution in [0.1, 0.15) is 25.0 Å². The van der Waals surface area contributed by atoms with Gasteiger partial charge >= 0.3 is 0 Å². The number of nitrogens with zero attached hydrogens (tertiary/aromatic N) is 3. The third-order valence-electron chi connectivity index (χ3n) is 5.02. The summed E-state index contributed by atoms with van der Waals surface area (Å²) in [7, 11) is 0. The number of hydrogen-bond donors (Lipinski definition) is 0. The van der Waals surface area contributed by atoms with Crippen LogP contribution in [-0.2, 0) is 20.9 Å². The average Bonchev–Trinajstić information content (AvgIpc) is 3.24. The van der Waals surface area contributed by atoms with Gasteiger partial charge in [0.15, 0.2) is 0 Å². The molecule has 0 spiro atoms. The molecule has 3 fully saturated rings. The van der Waals surface area contributed by atoms with Crippen molar-refractivity contribution in [1.29, 1.82) is 0 Å². The Morgan fingerprint density at radius 2 is 2.30 bits per heavy atom. The summed E-state index contributed by atoms with van der Waals surface area (Å²) in [6.07, 6.45) is 4.51. The van der Waals surface area contributed by atoms with E-state index in [2.05, 4.69) is 16.0 Å². The Morgan fingerprint density at radius 1 is 1.35 bits per heavy atom. The van der Waals surface area contributed by atoms with E-state index in [1.165, 1.54) is 5.06 Å². The smallest absolute Gasteiger partial charge is 0.275 e. The molecule has 124 valence electrons. The van der Waals surface area contributed by atoms with E-state index in [-0.39, 0.29) is 18.1 Å². The molecule has 23 heavy (non-hydrogen) atoms. The molecule has 1 aromatic heterocycles. The highest BCUT2D eigenvalue weighted by Crippen LogP contribution is 2.34. The number of fused-ring (bicyclic) bond motifs is 1. The number of carbonyl (C=O) groups is 1. The first-order valence-corrected chi connectivity index (χ1v) is 8.51. The molecule has 3 atom stereocenters. The van der Waals surface area contributed by atoms with Gasteiger partial charge in [-0.2, -0.15) is 0 Å². The second-order valence-corrected chi connectivity index (χ2v) is 6.63. The first-order valence-electron chi connectivity index (χ1n) is 8.51. The van der Waals surface area contributed by atoms with E-state index < -0.39 is 0 Å². The number of aromatic nitrogens is 1. The zero-order valence-corrected chi connectivity index (χ0v) is 13.3. The Hall–Kier alpha value is -1.50. The van der Waals surface area contributed by atoms with Crippen LogP contribution < -0.4 is 0 Å². The molecular weight excluding hydrogens is 294 g/mol. The summed E-state index contributed by atoms with van der Waals surface area (Å²) >= 11 is 0. The Labute approximate surface area is 136 Å². The molecule has 0 radical (unpaired) electrons. The molecule has 3 saturated heterocycles. The molecule has 6 heteroatoms. The maximum atomic E-state index is 12.4. The number of pyridine rings is 1. The normalized spacial score (nSPS) is 31.3. The van der Waals surface area contributed by atoms with Gasteiger partial charge in [-0.15, -0.1) is 0 Å². The van der Waals surface area contributed by atoms with Crippen molar-refractivity contribution in [3.8, 4) is 0 Å². The van der Waals surface area contributed by atoms with Gasteiger partial charge in [0.2, 0.25) is 0 Å². The Kier molecular flexibility index (Phi) is 4.29. The fourth-order valence-electron chi connectivity index (χ4n) is 3.80. The lowest BCUT2D eigenvalue weighted by atomic mass is 9.91. The van der Waals surface area contributed by atoms with Crippen molar-refractivity contribution in [2.24, 2.45) is 5.92 Å². The van der Waals surface area contributed by atoms with Gasteiger partial charge in [0.05, 0.1) is 24.9 Å². The van der Waals surface area contributed by atoms with Gasteiger partial charge < -0.3 is 4.74 Å². The maximum Gasteiger partial charge on any atom is 0.275 e. The van der Waals surface area contributed by atoms with Crippen molar-refractivity contribution >= 4 is 5.91 Å². The van der Waals surface area contributed by atoms with Crippen LogP contribution in [0.3, 0.4) is 0 Å². The molecule has 1 amide bonds. The van der Waals surface area contributed by atoms with Gasteiger partial charge in [-0.3, -0.25) is 19.5 Å². The quantitative estimate of drug-likeness (QED) is 0.839. The van der Waals surface area contributed by atoms with Gasteiger partial charge in [-0.25, -0.2) is 5.06 Å². The topological polar surface area (TPSA) is 54.9 Å². The number of hydroxylamine groups is 2. The summed E-state index contributed by atoms with van der Waals surface area (Å²) in [4.78, 5) is 24.6. The molecule has 0 aliphatic carbocycles. The Balaban J connectivity index is 1.34. The number of hydrogen-bond acceptors (Lipinski definition) is 5. The minimum absolute atomic E-state index is 0.00757. The standard InChI is InChI=1S/C17H23N3O3/c21-17(20-7-3-9-22-20)15-10-13-5-8-19(12-16(13)23-15)11-14-4-1-2-6-18-14/h1-2,4,6,13,15-16H,3,5,7-12H2/t13-,15-,16+/m0/s1. The van der Waals surface area contributed by atoms with Gasteiger partial charge in [0.25, 0.3) is 5.91 Å². The van der Waals surface area contributed by atoms with Crippen LogP contribution >= 0.6 is 0 Å². The number of carbonyl (C=O) groups excluding carboxylic acids is 1. The predicted octanol–water partition coefficient (Wildman–Crippen LogP) is 1.22. The fraction of sp³-hybridized carbons (Fsp3) is 0.647. The summed E-state index contributed by atoms with van der Waals surface area (Å²) < 4.78 is 6.07. The summed E-state index contributed by atoms with van der Waals surface area (Å²) in [6, 6.07) is 6.01. The van der Waals surface area contributed by atoms with Crippen LogP contribution in [0.2, 0.25) is 0 Å². The largest absolute Gasteiger partial charge is 0.363 e. The molecule has 6 nitrogen and oxygen atoms in total. The van der Waals surface area contributed by atoms with E-state index in [9.17, 15) is 4.79 Å². The van der Waals surface area contributed by atoms with E-state index in [0.29, 0.717) is 19.1 Å². The highest BCUT2D eigenvalue weighted by molar-refractivity contribution is 5.80. The second-order valence-electron chi connectivity index (χ2n) is 6.63. The molecular formula is C17H23N3O3. The Bertz CT molecular complexity index is 547. The number of amides is 1. The van der Waals surface area contributed by atoms with Crippen molar-refractivity contribution in [3.63, 3.8) is 0 Å². The van der Waals surface area contributed by atoms with Crippen LogP contribution in [0.4, 0.5) is 0 Å². The van der Waals surface area contributed by atoms with E-state index in [4.69, 9.17) is 9.57 Å². The number of rotatable bonds is 3. The fourth-order valence-corrected chi connectivity index (χ4v) is 3.80. The molecule has 0 unspecified atom stereocenters. The minimum Gasteiger partial charge on any atom is -0.363 e. The van der Waals surface area contributed by atoms with Crippen LogP contribution in [0.5, 0.6) is 0 Å². The zero-order chi connectivity index (χ0) is 15.6. The van der Waals surface area contributed by atoms with Gasteiger partial charge in [-0.1, -0.05) is 6.07 Å². The molecule has 4 rings (SSSR count). The number of likely N-dealkylation sites (tertiary alicyclic amines) is 1. The molecule has 3 aliphatic rings. The average molecular weight is 317 g/mol. The lowest BCUT2D eigenvalue weighted by Gasteiger charge is -2.33. The first-order chi connectivity index (χ1) is 11.3.